The minimum atomic E-state index is -4.28. The van der Waals surface area contributed by atoms with E-state index in [1.54, 1.807) is 17.4 Å². The Labute approximate surface area is 126 Å². The van der Waals surface area contributed by atoms with E-state index in [-0.39, 0.29) is 6.04 Å². The Kier molecular flexibility index (Phi) is 5.06. The molecule has 0 aliphatic rings. The monoisotopic (exact) mass is 313 g/mol. The Morgan fingerprint density at radius 3 is 2.57 bits per heavy atom. The molecule has 21 heavy (non-hydrogen) atoms. The van der Waals surface area contributed by atoms with Crippen LogP contribution in [0.4, 0.5) is 13.2 Å². The predicted molar refractivity (Wildman–Crippen MR) is 80.5 cm³/mol. The summed E-state index contributed by atoms with van der Waals surface area (Å²) in [6.07, 6.45) is -3.40. The zero-order valence-corrected chi connectivity index (χ0v) is 12.8. The largest absolute Gasteiger partial charge is 0.416 e. The van der Waals surface area contributed by atoms with Crippen LogP contribution < -0.4 is 5.32 Å². The van der Waals surface area contributed by atoms with Gasteiger partial charge in [-0.3, -0.25) is 0 Å². The molecule has 1 unspecified atom stereocenters. The molecule has 0 aliphatic carbocycles. The molecule has 0 saturated carbocycles. The molecule has 0 bridgehead atoms. The second-order valence-corrected chi connectivity index (χ2v) is 6.57. The number of halogens is 3. The second-order valence-electron chi connectivity index (χ2n) is 5.20. The Morgan fingerprint density at radius 1 is 1.19 bits per heavy atom. The summed E-state index contributed by atoms with van der Waals surface area (Å²) in [5.74, 6) is 0. The van der Waals surface area contributed by atoms with E-state index in [0.29, 0.717) is 12.1 Å². The lowest BCUT2D eigenvalue weighted by Gasteiger charge is -2.14. The van der Waals surface area contributed by atoms with Crippen LogP contribution in [0.25, 0.3) is 0 Å². The fourth-order valence-electron chi connectivity index (χ4n) is 2.12. The molecule has 1 aromatic carbocycles. The van der Waals surface area contributed by atoms with E-state index >= 15 is 0 Å². The highest BCUT2D eigenvalue weighted by Crippen LogP contribution is 2.29. The Morgan fingerprint density at radius 2 is 1.95 bits per heavy atom. The number of alkyl halides is 3. The van der Waals surface area contributed by atoms with Crippen LogP contribution in [-0.2, 0) is 19.1 Å². The highest BCUT2D eigenvalue weighted by molar-refractivity contribution is 7.11. The summed E-state index contributed by atoms with van der Waals surface area (Å²) in [7, 11) is 0. The number of benzene rings is 1. The summed E-state index contributed by atoms with van der Waals surface area (Å²) >= 11 is 1.75. The molecule has 0 saturated heterocycles. The first-order valence-electron chi connectivity index (χ1n) is 6.79. The molecular formula is C16H18F3NS. The molecule has 0 fully saturated rings. The van der Waals surface area contributed by atoms with Crippen LogP contribution in [0.2, 0.25) is 0 Å². The SMILES string of the molecule is Cc1ccc(CC(C)NCc2cccc(C(F)(F)F)c2)s1. The summed E-state index contributed by atoms with van der Waals surface area (Å²) in [5.41, 5.74) is 0.0577. The first kappa shape index (κ1) is 16.0. The number of hydrogen-bond acceptors (Lipinski definition) is 2. The maximum Gasteiger partial charge on any atom is 0.416 e. The molecule has 0 amide bonds. The zero-order valence-electron chi connectivity index (χ0n) is 12.0. The number of nitrogens with one attached hydrogen (secondary N) is 1. The van der Waals surface area contributed by atoms with Crippen molar-refractivity contribution in [3.05, 3.63) is 57.3 Å². The van der Waals surface area contributed by atoms with Gasteiger partial charge in [-0.05, 0) is 44.0 Å². The van der Waals surface area contributed by atoms with Crippen LogP contribution >= 0.6 is 11.3 Å². The van der Waals surface area contributed by atoms with E-state index in [1.807, 2.05) is 6.92 Å². The highest BCUT2D eigenvalue weighted by Gasteiger charge is 2.30. The van der Waals surface area contributed by atoms with Gasteiger partial charge in [0.05, 0.1) is 5.56 Å². The van der Waals surface area contributed by atoms with Gasteiger partial charge < -0.3 is 5.32 Å². The number of aryl methyl sites for hydroxylation is 1. The van der Waals surface area contributed by atoms with Crippen LogP contribution in [0, 0.1) is 6.92 Å². The molecule has 0 radical (unpaired) electrons. The van der Waals surface area contributed by atoms with Crippen LogP contribution in [0.3, 0.4) is 0 Å². The lowest BCUT2D eigenvalue weighted by molar-refractivity contribution is -0.137. The first-order chi connectivity index (χ1) is 9.84. The minimum absolute atomic E-state index is 0.220. The quantitative estimate of drug-likeness (QED) is 0.836. The Hall–Kier alpha value is -1.33. The lowest BCUT2D eigenvalue weighted by Crippen LogP contribution is -2.27. The summed E-state index contributed by atoms with van der Waals surface area (Å²) in [4.78, 5) is 2.56. The number of hydrogen-bond donors (Lipinski definition) is 1. The standard InChI is InChI=1S/C16H18F3NS/c1-11(8-15-7-6-12(2)21-15)20-10-13-4-3-5-14(9-13)16(17,18)19/h3-7,9,11,20H,8,10H2,1-2H3. The van der Waals surface area contributed by atoms with E-state index in [0.717, 1.165) is 12.5 Å². The van der Waals surface area contributed by atoms with Crippen molar-refractivity contribution in [2.75, 3.05) is 0 Å². The van der Waals surface area contributed by atoms with Crippen molar-refractivity contribution >= 4 is 11.3 Å². The topological polar surface area (TPSA) is 12.0 Å². The average molecular weight is 313 g/mol. The van der Waals surface area contributed by atoms with E-state index in [1.165, 1.54) is 21.9 Å². The molecule has 1 aromatic heterocycles. The van der Waals surface area contributed by atoms with Crippen molar-refractivity contribution in [1.82, 2.24) is 5.32 Å². The minimum Gasteiger partial charge on any atom is -0.310 e. The molecular weight excluding hydrogens is 295 g/mol. The van der Waals surface area contributed by atoms with E-state index in [9.17, 15) is 13.2 Å². The van der Waals surface area contributed by atoms with Crippen LogP contribution in [0.15, 0.2) is 36.4 Å². The van der Waals surface area contributed by atoms with Gasteiger partial charge in [0.1, 0.15) is 0 Å². The number of rotatable bonds is 5. The third kappa shape index (κ3) is 4.86. The van der Waals surface area contributed by atoms with Crippen LogP contribution in [-0.4, -0.2) is 6.04 Å². The van der Waals surface area contributed by atoms with Crippen molar-refractivity contribution in [3.63, 3.8) is 0 Å². The molecule has 114 valence electrons. The molecule has 1 atom stereocenters. The van der Waals surface area contributed by atoms with Gasteiger partial charge in [-0.15, -0.1) is 11.3 Å². The van der Waals surface area contributed by atoms with Gasteiger partial charge >= 0.3 is 6.18 Å². The van der Waals surface area contributed by atoms with Crippen molar-refractivity contribution in [3.8, 4) is 0 Å². The molecule has 1 N–H and O–H groups in total. The van der Waals surface area contributed by atoms with Crippen molar-refractivity contribution < 1.29 is 13.2 Å². The second kappa shape index (κ2) is 6.62. The summed E-state index contributed by atoms with van der Waals surface area (Å²) < 4.78 is 37.9. The smallest absolute Gasteiger partial charge is 0.310 e. The Bertz CT molecular complexity index is 589. The molecule has 0 spiro atoms. The van der Waals surface area contributed by atoms with Crippen molar-refractivity contribution in [2.45, 2.75) is 39.0 Å². The van der Waals surface area contributed by atoms with Crippen LogP contribution in [0.5, 0.6) is 0 Å². The van der Waals surface area contributed by atoms with Crippen LogP contribution in [0.1, 0.15) is 27.8 Å². The third-order valence-electron chi connectivity index (χ3n) is 3.21. The van der Waals surface area contributed by atoms with Gasteiger partial charge in [0.15, 0.2) is 0 Å². The lowest BCUT2D eigenvalue weighted by atomic mass is 10.1. The molecule has 5 heteroatoms. The molecule has 1 heterocycles. The summed E-state index contributed by atoms with van der Waals surface area (Å²) in [5, 5.41) is 3.27. The molecule has 0 aliphatic heterocycles. The Balaban J connectivity index is 1.90. The van der Waals surface area contributed by atoms with Gasteiger partial charge in [0, 0.05) is 22.3 Å². The van der Waals surface area contributed by atoms with Gasteiger partial charge in [-0.2, -0.15) is 13.2 Å². The fraction of sp³-hybridized carbons (Fsp3) is 0.375. The van der Waals surface area contributed by atoms with E-state index < -0.39 is 11.7 Å². The molecule has 1 nitrogen and oxygen atoms in total. The van der Waals surface area contributed by atoms with Crippen molar-refractivity contribution in [2.24, 2.45) is 0 Å². The summed E-state index contributed by atoms with van der Waals surface area (Å²) in [6.45, 7) is 4.55. The van der Waals surface area contributed by atoms with E-state index in [4.69, 9.17) is 0 Å². The fourth-order valence-corrected chi connectivity index (χ4v) is 3.14. The first-order valence-corrected chi connectivity index (χ1v) is 7.61. The summed E-state index contributed by atoms with van der Waals surface area (Å²) in [6, 6.07) is 9.87. The van der Waals surface area contributed by atoms with Crippen molar-refractivity contribution in [1.29, 1.82) is 0 Å². The van der Waals surface area contributed by atoms with Gasteiger partial charge in [-0.1, -0.05) is 18.2 Å². The highest BCUT2D eigenvalue weighted by atomic mass is 32.1. The maximum atomic E-state index is 12.6. The number of thiophene rings is 1. The predicted octanol–water partition coefficient (Wildman–Crippen LogP) is 4.80. The van der Waals surface area contributed by atoms with Gasteiger partial charge in [-0.25, -0.2) is 0 Å². The van der Waals surface area contributed by atoms with Gasteiger partial charge in [0.25, 0.3) is 0 Å². The third-order valence-corrected chi connectivity index (χ3v) is 4.24. The van der Waals surface area contributed by atoms with Gasteiger partial charge in [0.2, 0.25) is 0 Å². The van der Waals surface area contributed by atoms with E-state index in [2.05, 4.69) is 24.4 Å². The molecule has 2 rings (SSSR count). The zero-order chi connectivity index (χ0) is 15.5. The average Bonchev–Trinajstić information content (AvgIpc) is 2.81. The normalized spacial score (nSPS) is 13.4. The maximum absolute atomic E-state index is 12.6. The molecule has 2 aromatic rings.